The van der Waals surface area contributed by atoms with Crippen molar-refractivity contribution in [3.8, 4) is 17.7 Å². The van der Waals surface area contributed by atoms with Crippen LogP contribution in [0.1, 0.15) is 60.3 Å². The van der Waals surface area contributed by atoms with Gasteiger partial charge in [-0.25, -0.2) is 0 Å². The van der Waals surface area contributed by atoms with Crippen molar-refractivity contribution in [2.24, 2.45) is 0 Å². The highest BCUT2D eigenvalue weighted by Crippen LogP contribution is 2.28. The number of nitrogens with zero attached hydrogens (tertiary/aromatic N) is 2. The van der Waals surface area contributed by atoms with E-state index < -0.39 is 23.3 Å². The standard InChI is InChI=1S/C21H23ClN2O4/c1-6-12(3)24-20(26)16(10-23)13(4)18(21(24)27)19(25)14(5)28-15-7-8-17(22)11(2)9-15/h7-9,12,14,27H,6H2,1-5H3. The third-order valence-corrected chi connectivity index (χ3v) is 5.26. The van der Waals surface area contributed by atoms with Crippen LogP contribution in [0.15, 0.2) is 23.0 Å². The van der Waals surface area contributed by atoms with E-state index in [0.717, 1.165) is 10.1 Å². The van der Waals surface area contributed by atoms with E-state index in [0.29, 0.717) is 17.2 Å². The van der Waals surface area contributed by atoms with Gasteiger partial charge >= 0.3 is 0 Å². The SMILES string of the molecule is CCC(C)n1c(O)c(C(=O)C(C)Oc2ccc(Cl)c(C)c2)c(C)c(C#N)c1=O. The van der Waals surface area contributed by atoms with Gasteiger partial charge in [-0.05, 0) is 63.4 Å². The number of aromatic nitrogens is 1. The lowest BCUT2D eigenvalue weighted by atomic mass is 9.98. The van der Waals surface area contributed by atoms with Crippen LogP contribution in [-0.4, -0.2) is 21.6 Å². The molecule has 2 rings (SSSR count). The molecule has 2 unspecified atom stereocenters. The van der Waals surface area contributed by atoms with Gasteiger partial charge in [0.05, 0.1) is 5.56 Å². The molecule has 0 saturated carbocycles. The summed E-state index contributed by atoms with van der Waals surface area (Å²) in [4.78, 5) is 25.6. The van der Waals surface area contributed by atoms with Crippen LogP contribution in [-0.2, 0) is 0 Å². The molecule has 0 bridgehead atoms. The van der Waals surface area contributed by atoms with Crippen LogP contribution in [0.4, 0.5) is 0 Å². The van der Waals surface area contributed by atoms with Crippen molar-refractivity contribution in [2.45, 2.75) is 53.2 Å². The molecule has 2 aromatic rings. The first-order valence-corrected chi connectivity index (χ1v) is 9.36. The second-order valence-electron chi connectivity index (χ2n) is 6.78. The fourth-order valence-electron chi connectivity index (χ4n) is 2.96. The molecular formula is C21H23ClN2O4. The minimum atomic E-state index is -0.945. The minimum Gasteiger partial charge on any atom is -0.494 e. The number of hydrogen-bond donors (Lipinski definition) is 1. The van der Waals surface area contributed by atoms with Gasteiger partial charge in [-0.15, -0.1) is 0 Å². The number of aromatic hydroxyl groups is 1. The van der Waals surface area contributed by atoms with Crippen LogP contribution in [0.3, 0.4) is 0 Å². The zero-order valence-electron chi connectivity index (χ0n) is 16.5. The normalized spacial score (nSPS) is 12.9. The number of hydrogen-bond acceptors (Lipinski definition) is 5. The molecular weight excluding hydrogens is 380 g/mol. The number of ketones is 1. The number of benzene rings is 1. The Morgan fingerprint density at radius 1 is 1.36 bits per heavy atom. The maximum absolute atomic E-state index is 13.0. The number of rotatable bonds is 6. The number of nitriles is 1. The molecule has 0 fully saturated rings. The summed E-state index contributed by atoms with van der Waals surface area (Å²) in [6.45, 7) is 8.43. The zero-order valence-corrected chi connectivity index (χ0v) is 17.3. The molecule has 2 atom stereocenters. The maximum Gasteiger partial charge on any atom is 0.271 e. The maximum atomic E-state index is 13.0. The summed E-state index contributed by atoms with van der Waals surface area (Å²) in [6.07, 6.45) is -0.398. The van der Waals surface area contributed by atoms with Gasteiger partial charge in [0.15, 0.2) is 6.10 Å². The highest BCUT2D eigenvalue weighted by atomic mass is 35.5. The summed E-state index contributed by atoms with van der Waals surface area (Å²) < 4.78 is 6.81. The molecule has 1 aromatic carbocycles. The summed E-state index contributed by atoms with van der Waals surface area (Å²) in [6, 6.07) is 6.51. The van der Waals surface area contributed by atoms with Gasteiger partial charge in [-0.3, -0.25) is 14.2 Å². The molecule has 0 aliphatic rings. The Labute approximate surface area is 168 Å². The Hall–Kier alpha value is -2.78. The van der Waals surface area contributed by atoms with E-state index in [1.165, 1.54) is 6.92 Å². The molecule has 0 radical (unpaired) electrons. The van der Waals surface area contributed by atoms with Crippen molar-refractivity contribution in [2.75, 3.05) is 0 Å². The fourth-order valence-corrected chi connectivity index (χ4v) is 3.08. The first-order chi connectivity index (χ1) is 13.1. The average Bonchev–Trinajstić information content (AvgIpc) is 2.64. The number of carbonyl (C=O) groups is 1. The number of Topliss-reactive ketones (excluding diaryl/α,β-unsaturated/α-hetero) is 1. The van der Waals surface area contributed by atoms with Crippen LogP contribution in [0.5, 0.6) is 11.6 Å². The Kier molecular flexibility index (Phi) is 6.52. The molecule has 0 aliphatic carbocycles. The Morgan fingerprint density at radius 2 is 2.00 bits per heavy atom. The highest BCUT2D eigenvalue weighted by Gasteiger charge is 2.29. The lowest BCUT2D eigenvalue weighted by molar-refractivity contribution is 0.0812. The predicted molar refractivity (Wildman–Crippen MR) is 107 cm³/mol. The highest BCUT2D eigenvalue weighted by molar-refractivity contribution is 6.31. The molecule has 0 spiro atoms. The molecule has 0 amide bonds. The van der Waals surface area contributed by atoms with Gasteiger partial charge in [0.1, 0.15) is 17.4 Å². The summed E-state index contributed by atoms with van der Waals surface area (Å²) in [5.41, 5.74) is 0.114. The van der Waals surface area contributed by atoms with Crippen LogP contribution in [0, 0.1) is 25.2 Å². The predicted octanol–water partition coefficient (Wildman–Crippen LogP) is 4.32. The van der Waals surface area contributed by atoms with Crippen LogP contribution in [0.2, 0.25) is 5.02 Å². The van der Waals surface area contributed by atoms with E-state index in [4.69, 9.17) is 16.3 Å². The van der Waals surface area contributed by atoms with E-state index in [1.54, 1.807) is 32.0 Å². The van der Waals surface area contributed by atoms with Crippen LogP contribution >= 0.6 is 11.6 Å². The van der Waals surface area contributed by atoms with Gasteiger partial charge in [0.25, 0.3) is 5.56 Å². The third kappa shape index (κ3) is 3.90. The number of aryl methyl sites for hydroxylation is 1. The van der Waals surface area contributed by atoms with E-state index in [9.17, 15) is 20.0 Å². The zero-order chi connectivity index (χ0) is 21.2. The molecule has 1 N–H and O–H groups in total. The van der Waals surface area contributed by atoms with Crippen molar-refractivity contribution in [3.63, 3.8) is 0 Å². The molecule has 7 heteroatoms. The number of pyridine rings is 1. The Bertz CT molecular complexity index is 1020. The number of ether oxygens (including phenoxy) is 1. The van der Waals surface area contributed by atoms with E-state index in [2.05, 4.69) is 0 Å². The molecule has 1 aromatic heterocycles. The van der Waals surface area contributed by atoms with Gasteiger partial charge in [0.2, 0.25) is 11.7 Å². The fraction of sp³-hybridized carbons (Fsp3) is 0.381. The van der Waals surface area contributed by atoms with Crippen molar-refractivity contribution < 1.29 is 14.6 Å². The van der Waals surface area contributed by atoms with Crippen LogP contribution < -0.4 is 10.3 Å². The average molecular weight is 403 g/mol. The first kappa shape index (κ1) is 21.5. The monoisotopic (exact) mass is 402 g/mol. The molecule has 0 saturated heterocycles. The first-order valence-electron chi connectivity index (χ1n) is 8.99. The number of halogens is 1. The summed E-state index contributed by atoms with van der Waals surface area (Å²) >= 11 is 6.01. The lowest BCUT2D eigenvalue weighted by Crippen LogP contribution is -2.32. The molecule has 148 valence electrons. The minimum absolute atomic E-state index is 0.0744. The van der Waals surface area contributed by atoms with Crippen molar-refractivity contribution in [1.29, 1.82) is 5.26 Å². The second-order valence-corrected chi connectivity index (χ2v) is 7.19. The summed E-state index contributed by atoms with van der Waals surface area (Å²) in [5.74, 6) is -0.504. The van der Waals surface area contributed by atoms with E-state index in [-0.39, 0.29) is 22.7 Å². The van der Waals surface area contributed by atoms with Crippen molar-refractivity contribution >= 4 is 17.4 Å². The summed E-state index contributed by atoms with van der Waals surface area (Å²) in [7, 11) is 0. The lowest BCUT2D eigenvalue weighted by Gasteiger charge is -2.21. The summed E-state index contributed by atoms with van der Waals surface area (Å²) in [5, 5.41) is 20.7. The van der Waals surface area contributed by atoms with Gasteiger partial charge < -0.3 is 9.84 Å². The smallest absolute Gasteiger partial charge is 0.271 e. The topological polar surface area (TPSA) is 92.3 Å². The molecule has 1 heterocycles. The largest absolute Gasteiger partial charge is 0.494 e. The number of carbonyl (C=O) groups excluding carboxylic acids is 1. The second kappa shape index (κ2) is 8.49. The van der Waals surface area contributed by atoms with E-state index >= 15 is 0 Å². The Morgan fingerprint density at radius 3 is 2.54 bits per heavy atom. The van der Waals surface area contributed by atoms with E-state index in [1.807, 2.05) is 19.9 Å². The van der Waals surface area contributed by atoms with Crippen LogP contribution in [0.25, 0.3) is 0 Å². The van der Waals surface area contributed by atoms with Crippen molar-refractivity contribution in [3.05, 3.63) is 55.8 Å². The molecule has 28 heavy (non-hydrogen) atoms. The van der Waals surface area contributed by atoms with Gasteiger partial charge in [0, 0.05) is 11.1 Å². The molecule has 0 aliphatic heterocycles. The van der Waals surface area contributed by atoms with Gasteiger partial charge in [-0.2, -0.15) is 5.26 Å². The third-order valence-electron chi connectivity index (χ3n) is 4.84. The molecule has 6 nitrogen and oxygen atoms in total. The quantitative estimate of drug-likeness (QED) is 0.726. The Balaban J connectivity index is 2.53. The van der Waals surface area contributed by atoms with Crippen molar-refractivity contribution in [1.82, 2.24) is 4.57 Å². The van der Waals surface area contributed by atoms with Gasteiger partial charge in [-0.1, -0.05) is 18.5 Å².